The summed E-state index contributed by atoms with van der Waals surface area (Å²) in [6.45, 7) is 4.03. The maximum atomic E-state index is 9.88. The lowest BCUT2D eigenvalue weighted by atomic mass is 10.0. The van der Waals surface area contributed by atoms with Crippen LogP contribution in [0.4, 0.5) is 0 Å². The van der Waals surface area contributed by atoms with E-state index in [0.717, 1.165) is 20.8 Å². The molecule has 0 amide bonds. The van der Waals surface area contributed by atoms with Crippen LogP contribution in [0.15, 0.2) is 28.7 Å². The fourth-order valence-corrected chi connectivity index (χ4v) is 1.95. The highest BCUT2D eigenvalue weighted by atomic mass is 79.9. The summed E-state index contributed by atoms with van der Waals surface area (Å²) in [6, 6.07) is 8.11. The Morgan fingerprint density at radius 3 is 2.57 bits per heavy atom. The van der Waals surface area contributed by atoms with Crippen LogP contribution in [0, 0.1) is 13.8 Å². The second kappa shape index (κ2) is 3.28. The van der Waals surface area contributed by atoms with Crippen molar-refractivity contribution in [2.45, 2.75) is 13.8 Å². The van der Waals surface area contributed by atoms with Crippen molar-refractivity contribution >= 4 is 26.7 Å². The lowest BCUT2D eigenvalue weighted by Gasteiger charge is -2.07. The number of rotatable bonds is 0. The van der Waals surface area contributed by atoms with Crippen molar-refractivity contribution in [1.82, 2.24) is 0 Å². The van der Waals surface area contributed by atoms with Gasteiger partial charge in [0.25, 0.3) is 0 Å². The average molecular weight is 251 g/mol. The maximum absolute atomic E-state index is 9.88. The summed E-state index contributed by atoms with van der Waals surface area (Å²) >= 11 is 3.37. The Kier molecular flexibility index (Phi) is 2.23. The van der Waals surface area contributed by atoms with Crippen molar-refractivity contribution in [2.24, 2.45) is 0 Å². The first-order valence-electron chi connectivity index (χ1n) is 4.48. The lowest BCUT2D eigenvalue weighted by molar-refractivity contribution is 0.478. The summed E-state index contributed by atoms with van der Waals surface area (Å²) in [4.78, 5) is 0. The van der Waals surface area contributed by atoms with E-state index in [0.29, 0.717) is 5.75 Å². The van der Waals surface area contributed by atoms with Gasteiger partial charge in [-0.1, -0.05) is 29.8 Å². The van der Waals surface area contributed by atoms with Gasteiger partial charge in [0.15, 0.2) is 0 Å². The Bertz CT molecular complexity index is 503. The molecule has 1 nitrogen and oxygen atoms in total. The number of halogens is 1. The van der Waals surface area contributed by atoms with Gasteiger partial charge in [0, 0.05) is 5.39 Å². The largest absolute Gasteiger partial charge is 0.506 e. The van der Waals surface area contributed by atoms with Gasteiger partial charge < -0.3 is 5.11 Å². The second-order valence-corrected chi connectivity index (χ2v) is 4.37. The average Bonchev–Trinajstić information content (AvgIpc) is 2.14. The molecule has 0 aromatic heterocycles. The smallest absolute Gasteiger partial charge is 0.137 e. The molecule has 0 atom stereocenters. The highest BCUT2D eigenvalue weighted by Crippen LogP contribution is 2.35. The molecule has 0 heterocycles. The Morgan fingerprint density at radius 2 is 1.86 bits per heavy atom. The molecule has 0 aliphatic carbocycles. The Morgan fingerprint density at radius 1 is 1.14 bits per heavy atom. The van der Waals surface area contributed by atoms with Gasteiger partial charge in [-0.15, -0.1) is 0 Å². The first-order chi connectivity index (χ1) is 6.59. The number of phenols is 1. The van der Waals surface area contributed by atoms with E-state index >= 15 is 0 Å². The number of hydrogen-bond donors (Lipinski definition) is 1. The molecule has 14 heavy (non-hydrogen) atoms. The molecule has 0 aliphatic heterocycles. The zero-order valence-corrected chi connectivity index (χ0v) is 9.72. The first-order valence-corrected chi connectivity index (χ1v) is 5.27. The van der Waals surface area contributed by atoms with Gasteiger partial charge >= 0.3 is 0 Å². The van der Waals surface area contributed by atoms with Crippen LogP contribution in [0.3, 0.4) is 0 Å². The molecule has 0 unspecified atom stereocenters. The molecule has 0 bridgehead atoms. The van der Waals surface area contributed by atoms with E-state index in [1.807, 2.05) is 26.0 Å². The van der Waals surface area contributed by atoms with Gasteiger partial charge in [0.1, 0.15) is 5.75 Å². The summed E-state index contributed by atoms with van der Waals surface area (Å²) < 4.78 is 0.786. The van der Waals surface area contributed by atoms with E-state index < -0.39 is 0 Å². The van der Waals surface area contributed by atoms with Crippen molar-refractivity contribution in [3.63, 3.8) is 0 Å². The van der Waals surface area contributed by atoms with Crippen LogP contribution < -0.4 is 0 Å². The van der Waals surface area contributed by atoms with Crippen LogP contribution in [0.1, 0.15) is 11.1 Å². The van der Waals surface area contributed by atoms with E-state index in [-0.39, 0.29) is 0 Å². The molecule has 0 aliphatic rings. The molecule has 0 fully saturated rings. The molecule has 0 spiro atoms. The van der Waals surface area contributed by atoms with E-state index in [9.17, 15) is 5.11 Å². The quantitative estimate of drug-likeness (QED) is 0.752. The molecule has 72 valence electrons. The van der Waals surface area contributed by atoms with Crippen LogP contribution in [0.2, 0.25) is 0 Å². The van der Waals surface area contributed by atoms with Crippen molar-refractivity contribution < 1.29 is 5.11 Å². The molecule has 0 radical (unpaired) electrons. The van der Waals surface area contributed by atoms with Crippen LogP contribution in [-0.2, 0) is 0 Å². The Balaban J connectivity index is 2.91. The third kappa shape index (κ3) is 1.40. The molecular formula is C12H11BrO. The minimum absolute atomic E-state index is 0.333. The third-order valence-electron chi connectivity index (χ3n) is 2.39. The normalized spacial score (nSPS) is 10.8. The molecule has 2 aromatic rings. The maximum Gasteiger partial charge on any atom is 0.137 e. The summed E-state index contributed by atoms with van der Waals surface area (Å²) in [5.41, 5.74) is 2.26. The number of benzene rings is 2. The van der Waals surface area contributed by atoms with Crippen LogP contribution >= 0.6 is 15.9 Å². The highest BCUT2D eigenvalue weighted by Gasteiger charge is 2.07. The minimum Gasteiger partial charge on any atom is -0.506 e. The predicted octanol–water partition coefficient (Wildman–Crippen LogP) is 3.92. The van der Waals surface area contributed by atoms with Gasteiger partial charge in [-0.3, -0.25) is 0 Å². The summed E-state index contributed by atoms with van der Waals surface area (Å²) in [5.74, 6) is 0.333. The number of hydrogen-bond acceptors (Lipinski definition) is 1. The highest BCUT2D eigenvalue weighted by molar-refractivity contribution is 9.10. The lowest BCUT2D eigenvalue weighted by Crippen LogP contribution is -1.82. The number of fused-ring (bicyclic) bond motifs is 1. The molecule has 2 aromatic carbocycles. The third-order valence-corrected chi connectivity index (χ3v) is 3.39. The molecule has 2 heteroatoms. The van der Waals surface area contributed by atoms with Crippen LogP contribution in [0.25, 0.3) is 10.8 Å². The Labute approximate surface area is 91.5 Å². The van der Waals surface area contributed by atoms with Crippen LogP contribution in [0.5, 0.6) is 5.75 Å². The predicted molar refractivity (Wildman–Crippen MR) is 62.8 cm³/mol. The van der Waals surface area contributed by atoms with E-state index in [4.69, 9.17) is 0 Å². The van der Waals surface area contributed by atoms with Gasteiger partial charge in [-0.05, 0) is 40.7 Å². The van der Waals surface area contributed by atoms with E-state index in [1.54, 1.807) is 0 Å². The summed E-state index contributed by atoms with van der Waals surface area (Å²) in [5, 5.41) is 11.9. The van der Waals surface area contributed by atoms with Crippen molar-refractivity contribution in [3.8, 4) is 5.75 Å². The van der Waals surface area contributed by atoms with E-state index in [2.05, 4.69) is 28.1 Å². The van der Waals surface area contributed by atoms with Crippen molar-refractivity contribution in [2.75, 3.05) is 0 Å². The van der Waals surface area contributed by atoms with Crippen molar-refractivity contribution in [1.29, 1.82) is 0 Å². The topological polar surface area (TPSA) is 20.2 Å². The minimum atomic E-state index is 0.333. The standard InChI is InChI=1S/C12H11BrO/c1-7-3-4-10-9(5-7)6-8(2)11(13)12(10)14/h3-6,14H,1-2H3. The number of aryl methyl sites for hydroxylation is 2. The Hall–Kier alpha value is -1.02. The van der Waals surface area contributed by atoms with E-state index in [1.165, 1.54) is 5.56 Å². The zero-order chi connectivity index (χ0) is 10.3. The fraction of sp³-hybridized carbons (Fsp3) is 0.167. The summed E-state index contributed by atoms with van der Waals surface area (Å²) in [7, 11) is 0. The number of phenolic OH excluding ortho intramolecular Hbond substituents is 1. The summed E-state index contributed by atoms with van der Waals surface area (Å²) in [6.07, 6.45) is 0. The molecular weight excluding hydrogens is 240 g/mol. The fourth-order valence-electron chi connectivity index (χ4n) is 1.62. The molecule has 0 saturated carbocycles. The van der Waals surface area contributed by atoms with Gasteiger partial charge in [0.2, 0.25) is 0 Å². The molecule has 2 rings (SSSR count). The molecule has 0 saturated heterocycles. The number of aromatic hydroxyl groups is 1. The first kappa shape index (κ1) is 9.53. The van der Waals surface area contributed by atoms with Gasteiger partial charge in [-0.2, -0.15) is 0 Å². The second-order valence-electron chi connectivity index (χ2n) is 3.58. The van der Waals surface area contributed by atoms with Crippen molar-refractivity contribution in [3.05, 3.63) is 39.9 Å². The van der Waals surface area contributed by atoms with Gasteiger partial charge in [0.05, 0.1) is 4.47 Å². The van der Waals surface area contributed by atoms with Crippen LogP contribution in [-0.4, -0.2) is 5.11 Å². The van der Waals surface area contributed by atoms with Gasteiger partial charge in [-0.25, -0.2) is 0 Å². The zero-order valence-electron chi connectivity index (χ0n) is 8.13. The molecule has 1 N–H and O–H groups in total. The monoisotopic (exact) mass is 250 g/mol. The SMILES string of the molecule is Cc1ccc2c(O)c(Br)c(C)cc2c1.